The van der Waals surface area contributed by atoms with Gasteiger partial charge in [-0.15, -0.1) is 6.58 Å². The Bertz CT molecular complexity index is 330. The lowest BCUT2D eigenvalue weighted by atomic mass is 10.00. The fourth-order valence-corrected chi connectivity index (χ4v) is 2.76. The first-order chi connectivity index (χ1) is 9.48. The number of rotatable bonds is 6. The average molecular weight is 286 g/mol. The highest BCUT2D eigenvalue weighted by Crippen LogP contribution is 2.38. The van der Waals surface area contributed by atoms with Gasteiger partial charge in [-0.2, -0.15) is 0 Å². The van der Waals surface area contributed by atoms with Crippen molar-refractivity contribution >= 4 is 0 Å². The predicted molar refractivity (Wildman–Crippen MR) is 74.3 cm³/mol. The number of allylic oxidation sites excluding steroid dienone is 1. The Morgan fingerprint density at radius 3 is 2.60 bits per heavy atom. The molecule has 20 heavy (non-hydrogen) atoms. The Hall–Kier alpha value is -0.460. The van der Waals surface area contributed by atoms with Crippen molar-refractivity contribution in [2.75, 3.05) is 13.7 Å². The highest BCUT2D eigenvalue weighted by atomic mass is 16.8. The highest BCUT2D eigenvalue weighted by molar-refractivity contribution is 4.95. The predicted octanol–water partition coefficient (Wildman–Crippen LogP) is 2.25. The minimum atomic E-state index is -0.610. The second-order valence-electron chi connectivity index (χ2n) is 5.78. The summed E-state index contributed by atoms with van der Waals surface area (Å²) in [5.41, 5.74) is 0. The van der Waals surface area contributed by atoms with Crippen molar-refractivity contribution in [3.63, 3.8) is 0 Å². The summed E-state index contributed by atoms with van der Waals surface area (Å²) < 4.78 is 29.1. The van der Waals surface area contributed by atoms with E-state index in [9.17, 15) is 0 Å². The molecule has 0 saturated carbocycles. The molecular formula is C15H26O5. The van der Waals surface area contributed by atoms with Gasteiger partial charge >= 0.3 is 0 Å². The Morgan fingerprint density at radius 2 is 1.95 bits per heavy atom. The van der Waals surface area contributed by atoms with E-state index in [1.54, 1.807) is 7.11 Å². The maximum atomic E-state index is 5.96. The third-order valence-electron chi connectivity index (χ3n) is 3.67. The molecule has 116 valence electrons. The van der Waals surface area contributed by atoms with E-state index in [1.807, 2.05) is 26.8 Å². The van der Waals surface area contributed by atoms with Gasteiger partial charge in [-0.1, -0.05) is 6.08 Å². The van der Waals surface area contributed by atoms with Crippen molar-refractivity contribution in [3.8, 4) is 0 Å². The van der Waals surface area contributed by atoms with Crippen molar-refractivity contribution in [1.82, 2.24) is 0 Å². The first-order valence-electron chi connectivity index (χ1n) is 7.25. The summed E-state index contributed by atoms with van der Waals surface area (Å²) >= 11 is 0. The molecule has 1 unspecified atom stereocenters. The summed E-state index contributed by atoms with van der Waals surface area (Å²) in [6.07, 6.45) is 2.67. The van der Waals surface area contributed by atoms with Crippen LogP contribution in [0.4, 0.5) is 0 Å². The third kappa shape index (κ3) is 3.40. The molecule has 0 N–H and O–H groups in total. The summed E-state index contributed by atoms with van der Waals surface area (Å²) in [6, 6.07) is 0. The van der Waals surface area contributed by atoms with Gasteiger partial charge < -0.3 is 23.7 Å². The van der Waals surface area contributed by atoms with Crippen LogP contribution in [0.25, 0.3) is 0 Å². The maximum Gasteiger partial charge on any atom is 0.186 e. The van der Waals surface area contributed by atoms with Crippen LogP contribution in [0.1, 0.15) is 33.6 Å². The summed E-state index contributed by atoms with van der Waals surface area (Å²) in [6.45, 7) is 10.1. The van der Waals surface area contributed by atoms with Crippen LogP contribution in [0.15, 0.2) is 12.7 Å². The van der Waals surface area contributed by atoms with Gasteiger partial charge in [0.05, 0.1) is 12.7 Å². The Balaban J connectivity index is 1.98. The quantitative estimate of drug-likeness (QED) is 0.553. The van der Waals surface area contributed by atoms with Gasteiger partial charge in [-0.3, -0.25) is 0 Å². The normalized spacial score (nSPS) is 39.5. The summed E-state index contributed by atoms with van der Waals surface area (Å²) in [5, 5.41) is 0. The number of hydrogen-bond acceptors (Lipinski definition) is 5. The van der Waals surface area contributed by atoms with E-state index in [0.29, 0.717) is 6.61 Å². The molecule has 2 aliphatic rings. The molecule has 0 aromatic carbocycles. The van der Waals surface area contributed by atoms with E-state index in [-0.39, 0.29) is 24.4 Å². The Labute approximate surface area is 121 Å². The summed E-state index contributed by atoms with van der Waals surface area (Å²) in [4.78, 5) is 0. The topological polar surface area (TPSA) is 46.2 Å². The molecule has 5 nitrogen and oxygen atoms in total. The molecule has 0 radical (unpaired) electrons. The lowest BCUT2D eigenvalue weighted by Gasteiger charge is -2.40. The molecule has 2 rings (SSSR count). The zero-order chi connectivity index (χ0) is 14.8. The van der Waals surface area contributed by atoms with Gasteiger partial charge in [0.25, 0.3) is 0 Å². The molecule has 5 heteroatoms. The fourth-order valence-electron chi connectivity index (χ4n) is 2.76. The van der Waals surface area contributed by atoms with Crippen LogP contribution in [-0.4, -0.2) is 50.2 Å². The molecule has 2 fully saturated rings. The molecule has 0 bridgehead atoms. The minimum Gasteiger partial charge on any atom is -0.373 e. The van der Waals surface area contributed by atoms with E-state index in [0.717, 1.165) is 12.8 Å². The highest BCUT2D eigenvalue weighted by Gasteiger charge is 2.54. The van der Waals surface area contributed by atoms with E-state index in [2.05, 4.69) is 6.58 Å². The van der Waals surface area contributed by atoms with E-state index in [4.69, 9.17) is 23.7 Å². The first-order valence-corrected chi connectivity index (χ1v) is 7.25. The van der Waals surface area contributed by atoms with Gasteiger partial charge in [0.2, 0.25) is 0 Å². The lowest BCUT2D eigenvalue weighted by Crippen LogP contribution is -2.56. The lowest BCUT2D eigenvalue weighted by molar-refractivity contribution is -0.279. The fraction of sp³-hybridized carbons (Fsp3) is 0.867. The number of ether oxygens (including phenoxy) is 5. The van der Waals surface area contributed by atoms with Crippen LogP contribution in [0.3, 0.4) is 0 Å². The van der Waals surface area contributed by atoms with Crippen LogP contribution < -0.4 is 0 Å². The van der Waals surface area contributed by atoms with Crippen LogP contribution in [0, 0.1) is 0 Å². The molecular weight excluding hydrogens is 260 g/mol. The van der Waals surface area contributed by atoms with Crippen LogP contribution in [0.5, 0.6) is 0 Å². The smallest absolute Gasteiger partial charge is 0.186 e. The van der Waals surface area contributed by atoms with Gasteiger partial charge in [-0.25, -0.2) is 0 Å². The number of methoxy groups -OCH3 is 1. The van der Waals surface area contributed by atoms with E-state index < -0.39 is 12.1 Å². The molecule has 5 atom stereocenters. The number of unbranched alkanes of at least 4 members (excludes halogenated alkanes) is 1. The number of fused-ring (bicyclic) bond motifs is 1. The Morgan fingerprint density at radius 1 is 1.25 bits per heavy atom. The van der Waals surface area contributed by atoms with E-state index >= 15 is 0 Å². The van der Waals surface area contributed by atoms with Crippen LogP contribution in [0.2, 0.25) is 0 Å². The third-order valence-corrected chi connectivity index (χ3v) is 3.67. The summed E-state index contributed by atoms with van der Waals surface area (Å²) in [7, 11) is 1.65. The van der Waals surface area contributed by atoms with Crippen molar-refractivity contribution in [2.45, 2.75) is 70.1 Å². The zero-order valence-electron chi connectivity index (χ0n) is 12.8. The largest absolute Gasteiger partial charge is 0.373 e. The Kier molecular flexibility index (Phi) is 5.20. The van der Waals surface area contributed by atoms with Gasteiger partial charge in [-0.05, 0) is 33.6 Å². The van der Waals surface area contributed by atoms with Crippen molar-refractivity contribution in [2.24, 2.45) is 0 Å². The van der Waals surface area contributed by atoms with Crippen molar-refractivity contribution in [1.29, 1.82) is 0 Å². The van der Waals surface area contributed by atoms with E-state index in [1.165, 1.54) is 0 Å². The monoisotopic (exact) mass is 286 g/mol. The van der Waals surface area contributed by atoms with Crippen molar-refractivity contribution < 1.29 is 23.7 Å². The van der Waals surface area contributed by atoms with Gasteiger partial charge in [0.15, 0.2) is 12.1 Å². The van der Waals surface area contributed by atoms with Gasteiger partial charge in [0.1, 0.15) is 18.3 Å². The number of hydrogen-bond donors (Lipinski definition) is 0. The second kappa shape index (κ2) is 6.54. The first kappa shape index (κ1) is 15.9. The molecule has 2 saturated heterocycles. The average Bonchev–Trinajstić information content (AvgIpc) is 2.71. The van der Waals surface area contributed by atoms with Gasteiger partial charge in [0, 0.05) is 7.11 Å². The molecule has 0 aromatic heterocycles. The van der Waals surface area contributed by atoms with Crippen LogP contribution in [-0.2, 0) is 23.7 Å². The maximum absolute atomic E-state index is 5.96. The molecule has 0 aromatic rings. The molecule has 0 spiro atoms. The van der Waals surface area contributed by atoms with Crippen molar-refractivity contribution in [3.05, 3.63) is 12.7 Å². The molecule has 2 heterocycles. The molecule has 0 aliphatic carbocycles. The second-order valence-corrected chi connectivity index (χ2v) is 5.78. The minimum absolute atomic E-state index is 0.0856. The SMILES string of the molecule is C=CCCCOC1O[C@@H](C)[C@H]2OC(C)(C)O[C@H]2[C@@H]1OC. The zero-order valence-corrected chi connectivity index (χ0v) is 12.8. The summed E-state index contributed by atoms with van der Waals surface area (Å²) in [5.74, 6) is -0.610. The molecule has 2 aliphatic heterocycles. The standard InChI is InChI=1S/C15H26O5/c1-6-7-8-9-17-14-13(16-5)12-11(10(2)18-14)19-15(3,4)20-12/h6,10-14H,1,7-9H2,2-5H3/t10-,11+,12+,13-,14?/m0/s1. The molecule has 0 amide bonds. The van der Waals surface area contributed by atoms with Crippen LogP contribution >= 0.6 is 0 Å².